The van der Waals surface area contributed by atoms with Crippen molar-refractivity contribution in [3.05, 3.63) is 95.6 Å². The van der Waals surface area contributed by atoms with Crippen LogP contribution in [0.3, 0.4) is 0 Å². The SMILES string of the molecule is COc1ccc([C@@H]2CC(=O)O[C@@]23C(=O)N(Cc2ccccc2)c2ccccc23)cc1. The summed E-state index contributed by atoms with van der Waals surface area (Å²) in [5.41, 5.74) is 2.10. The molecule has 0 unspecified atom stereocenters. The number of amides is 1. The molecule has 1 fully saturated rings. The molecule has 5 nitrogen and oxygen atoms in total. The van der Waals surface area contributed by atoms with E-state index < -0.39 is 11.5 Å². The number of ether oxygens (including phenoxy) is 2. The van der Waals surface area contributed by atoms with E-state index in [1.165, 1.54) is 0 Å². The lowest BCUT2D eigenvalue weighted by molar-refractivity contribution is -0.158. The smallest absolute Gasteiger partial charge is 0.308 e. The first-order chi connectivity index (χ1) is 14.6. The van der Waals surface area contributed by atoms with E-state index in [1.807, 2.05) is 78.9 Å². The number of benzene rings is 3. The highest BCUT2D eigenvalue weighted by Crippen LogP contribution is 2.55. The molecule has 2 atom stereocenters. The van der Waals surface area contributed by atoms with Crippen molar-refractivity contribution in [3.63, 3.8) is 0 Å². The fourth-order valence-electron chi connectivity index (χ4n) is 4.60. The molecule has 1 spiro atoms. The van der Waals surface area contributed by atoms with Gasteiger partial charge in [-0.1, -0.05) is 60.7 Å². The Hall–Kier alpha value is -3.60. The highest BCUT2D eigenvalue weighted by atomic mass is 16.6. The largest absolute Gasteiger partial charge is 0.497 e. The maximum Gasteiger partial charge on any atom is 0.308 e. The van der Waals surface area contributed by atoms with Gasteiger partial charge < -0.3 is 14.4 Å². The van der Waals surface area contributed by atoms with Gasteiger partial charge in [-0.25, -0.2) is 0 Å². The van der Waals surface area contributed by atoms with E-state index >= 15 is 0 Å². The molecule has 0 aromatic heterocycles. The second-order valence-corrected chi connectivity index (χ2v) is 7.63. The third-order valence-electron chi connectivity index (χ3n) is 6.00. The molecule has 0 aliphatic carbocycles. The van der Waals surface area contributed by atoms with Crippen molar-refractivity contribution >= 4 is 17.6 Å². The van der Waals surface area contributed by atoms with Gasteiger partial charge in [0.2, 0.25) is 5.60 Å². The van der Waals surface area contributed by atoms with Crippen molar-refractivity contribution in [2.45, 2.75) is 24.5 Å². The zero-order valence-electron chi connectivity index (χ0n) is 16.6. The summed E-state index contributed by atoms with van der Waals surface area (Å²) in [5, 5.41) is 0. The third kappa shape index (κ3) is 2.70. The maximum absolute atomic E-state index is 13.9. The molecule has 30 heavy (non-hydrogen) atoms. The lowest BCUT2D eigenvalue weighted by atomic mass is 9.78. The van der Waals surface area contributed by atoms with Crippen LogP contribution in [0, 0.1) is 0 Å². The minimum atomic E-state index is -1.34. The summed E-state index contributed by atoms with van der Waals surface area (Å²) in [7, 11) is 1.61. The van der Waals surface area contributed by atoms with Gasteiger partial charge >= 0.3 is 5.97 Å². The first kappa shape index (κ1) is 18.4. The van der Waals surface area contributed by atoms with Crippen molar-refractivity contribution in [1.29, 1.82) is 0 Å². The van der Waals surface area contributed by atoms with Crippen LogP contribution in [0.25, 0.3) is 0 Å². The first-order valence-corrected chi connectivity index (χ1v) is 9.94. The zero-order chi connectivity index (χ0) is 20.7. The van der Waals surface area contributed by atoms with E-state index in [9.17, 15) is 9.59 Å². The van der Waals surface area contributed by atoms with Crippen LogP contribution in [-0.4, -0.2) is 19.0 Å². The van der Waals surface area contributed by atoms with Crippen molar-refractivity contribution < 1.29 is 19.1 Å². The van der Waals surface area contributed by atoms with Crippen LogP contribution < -0.4 is 9.64 Å². The number of anilines is 1. The normalized spacial score (nSPS) is 22.3. The minimum absolute atomic E-state index is 0.158. The number of nitrogens with zero attached hydrogens (tertiary/aromatic N) is 1. The van der Waals surface area contributed by atoms with Crippen LogP contribution in [0.2, 0.25) is 0 Å². The van der Waals surface area contributed by atoms with Gasteiger partial charge in [-0.2, -0.15) is 0 Å². The Morgan fingerprint density at radius 2 is 1.67 bits per heavy atom. The third-order valence-corrected chi connectivity index (χ3v) is 6.00. The molecule has 1 amide bonds. The van der Waals surface area contributed by atoms with Crippen molar-refractivity contribution in [2.24, 2.45) is 0 Å². The van der Waals surface area contributed by atoms with Gasteiger partial charge in [0.25, 0.3) is 5.91 Å². The highest BCUT2D eigenvalue weighted by molar-refractivity contribution is 6.10. The topological polar surface area (TPSA) is 55.8 Å². The van der Waals surface area contributed by atoms with Crippen LogP contribution in [0.5, 0.6) is 5.75 Å². The molecule has 0 radical (unpaired) electrons. The predicted octanol–water partition coefficient (Wildman–Crippen LogP) is 4.17. The summed E-state index contributed by atoms with van der Waals surface area (Å²) in [6, 6.07) is 24.9. The van der Waals surface area contributed by atoms with Gasteiger partial charge in [-0.15, -0.1) is 0 Å². The average Bonchev–Trinajstić information content (AvgIpc) is 3.26. The van der Waals surface area contributed by atoms with Gasteiger partial charge in [-0.05, 0) is 29.3 Å². The summed E-state index contributed by atoms with van der Waals surface area (Å²) in [5.74, 6) is -0.230. The van der Waals surface area contributed by atoms with Gasteiger partial charge in [0, 0.05) is 11.5 Å². The molecule has 5 rings (SSSR count). The molecule has 1 saturated heterocycles. The van der Waals surface area contributed by atoms with Crippen LogP contribution >= 0.6 is 0 Å². The molecule has 150 valence electrons. The van der Waals surface area contributed by atoms with Gasteiger partial charge in [-0.3, -0.25) is 9.59 Å². The Morgan fingerprint density at radius 3 is 2.40 bits per heavy atom. The maximum atomic E-state index is 13.9. The predicted molar refractivity (Wildman–Crippen MR) is 112 cm³/mol. The van der Waals surface area contributed by atoms with Crippen LogP contribution in [0.4, 0.5) is 5.69 Å². The van der Waals surface area contributed by atoms with Gasteiger partial charge in [0.1, 0.15) is 5.75 Å². The molecule has 2 aliphatic rings. The Balaban J connectivity index is 1.62. The molecular formula is C25H21NO4. The lowest BCUT2D eigenvalue weighted by Crippen LogP contribution is -2.43. The number of hydrogen-bond donors (Lipinski definition) is 0. The van der Waals surface area contributed by atoms with Crippen LogP contribution in [-0.2, 0) is 26.5 Å². The summed E-state index contributed by atoms with van der Waals surface area (Å²) < 4.78 is 11.1. The second-order valence-electron chi connectivity index (χ2n) is 7.63. The molecule has 5 heteroatoms. The fraction of sp³-hybridized carbons (Fsp3) is 0.200. The second kappa shape index (κ2) is 7.02. The van der Waals surface area contributed by atoms with E-state index in [0.717, 1.165) is 28.1 Å². The van der Waals surface area contributed by atoms with Gasteiger partial charge in [0.15, 0.2) is 0 Å². The van der Waals surface area contributed by atoms with Crippen LogP contribution in [0.1, 0.15) is 29.0 Å². The monoisotopic (exact) mass is 399 g/mol. The summed E-state index contributed by atoms with van der Waals surface area (Å²) >= 11 is 0. The number of esters is 1. The number of fused-ring (bicyclic) bond motifs is 2. The molecular weight excluding hydrogens is 378 g/mol. The molecule has 2 heterocycles. The molecule has 2 aliphatic heterocycles. The first-order valence-electron chi connectivity index (χ1n) is 9.94. The molecule has 3 aromatic carbocycles. The number of para-hydroxylation sites is 1. The van der Waals surface area contributed by atoms with E-state index in [0.29, 0.717) is 6.54 Å². The molecule has 0 bridgehead atoms. The summed E-state index contributed by atoms with van der Waals surface area (Å²) in [4.78, 5) is 28.1. The zero-order valence-corrected chi connectivity index (χ0v) is 16.6. The quantitative estimate of drug-likeness (QED) is 0.618. The van der Waals surface area contributed by atoms with Crippen molar-refractivity contribution in [1.82, 2.24) is 0 Å². The number of carbonyl (C=O) groups excluding carboxylic acids is 2. The van der Waals surface area contributed by atoms with E-state index in [4.69, 9.17) is 9.47 Å². The van der Waals surface area contributed by atoms with Crippen molar-refractivity contribution in [2.75, 3.05) is 12.0 Å². The van der Waals surface area contributed by atoms with Crippen molar-refractivity contribution in [3.8, 4) is 5.75 Å². The Kier molecular flexibility index (Phi) is 4.31. The van der Waals surface area contributed by atoms with Gasteiger partial charge in [0.05, 0.1) is 25.8 Å². The standard InChI is InChI=1S/C25H21NO4/c1-29-19-13-11-18(12-14-19)21-15-23(27)30-25(21)20-9-5-6-10-22(20)26(24(25)28)16-17-7-3-2-4-8-17/h2-14,21H,15-16H2,1H3/t21-,25+/m0/s1. The molecule has 0 saturated carbocycles. The summed E-state index contributed by atoms with van der Waals surface area (Å²) in [6.45, 7) is 0.422. The number of rotatable bonds is 4. The molecule has 0 N–H and O–H groups in total. The van der Waals surface area contributed by atoms with E-state index in [-0.39, 0.29) is 18.3 Å². The van der Waals surface area contributed by atoms with E-state index in [2.05, 4.69) is 0 Å². The average molecular weight is 399 g/mol. The fourth-order valence-corrected chi connectivity index (χ4v) is 4.60. The Morgan fingerprint density at radius 1 is 0.967 bits per heavy atom. The van der Waals surface area contributed by atoms with Crippen LogP contribution in [0.15, 0.2) is 78.9 Å². The number of hydrogen-bond acceptors (Lipinski definition) is 4. The Labute approximate surface area is 174 Å². The number of methoxy groups -OCH3 is 1. The Bertz CT molecular complexity index is 1110. The molecule has 3 aromatic rings. The lowest BCUT2D eigenvalue weighted by Gasteiger charge is -2.29. The highest BCUT2D eigenvalue weighted by Gasteiger charge is 2.63. The van der Waals surface area contributed by atoms with E-state index in [1.54, 1.807) is 12.0 Å². The minimum Gasteiger partial charge on any atom is -0.497 e. The summed E-state index contributed by atoms with van der Waals surface area (Å²) in [6.07, 6.45) is 0.158. The number of carbonyl (C=O) groups is 2.